The van der Waals surface area contributed by atoms with E-state index in [1.165, 1.54) is 0 Å². The molecule has 2 rings (SSSR count). The van der Waals surface area contributed by atoms with Gasteiger partial charge in [0.15, 0.2) is 0 Å². The molecule has 4 nitrogen and oxygen atoms in total. The molecule has 0 atom stereocenters. The summed E-state index contributed by atoms with van der Waals surface area (Å²) in [5, 5.41) is 12.2. The van der Waals surface area contributed by atoms with Crippen LogP contribution in [-0.2, 0) is 13.6 Å². The molecule has 0 saturated carbocycles. The van der Waals surface area contributed by atoms with E-state index in [1.54, 1.807) is 17.7 Å². The van der Waals surface area contributed by atoms with E-state index >= 15 is 0 Å². The average molecular weight is 230 g/mol. The van der Waals surface area contributed by atoms with Crippen LogP contribution in [0.4, 0.5) is 5.69 Å². The first kappa shape index (κ1) is 11.3. The second-order valence-electron chi connectivity index (χ2n) is 3.87. The summed E-state index contributed by atoms with van der Waals surface area (Å²) in [5.41, 5.74) is 2.27. The molecule has 0 saturated heterocycles. The molecule has 0 fully saturated rings. The van der Waals surface area contributed by atoms with Crippen molar-refractivity contribution in [2.24, 2.45) is 7.05 Å². The summed E-state index contributed by atoms with van der Waals surface area (Å²) in [4.78, 5) is 10.9. The Morgan fingerprint density at radius 2 is 2.06 bits per heavy atom. The van der Waals surface area contributed by atoms with Crippen LogP contribution >= 0.6 is 0 Å². The van der Waals surface area contributed by atoms with E-state index in [9.17, 15) is 4.79 Å². The third-order valence-electron chi connectivity index (χ3n) is 2.55. The number of carbonyl (C=O) groups is 1. The molecular weight excluding hydrogens is 216 g/mol. The SMILES string of the molecule is Cn1cc(CNc2ccccc2)cc1C(=O)O. The zero-order chi connectivity index (χ0) is 12.3. The summed E-state index contributed by atoms with van der Waals surface area (Å²) in [6.07, 6.45) is 1.82. The molecule has 0 aliphatic carbocycles. The summed E-state index contributed by atoms with van der Waals surface area (Å²) in [6, 6.07) is 11.5. The van der Waals surface area contributed by atoms with Crippen molar-refractivity contribution in [3.8, 4) is 0 Å². The van der Waals surface area contributed by atoms with Crippen molar-refractivity contribution in [3.63, 3.8) is 0 Å². The standard InChI is InChI=1S/C13H14N2O2/c1-15-9-10(7-12(15)13(16)17)8-14-11-5-3-2-4-6-11/h2-7,9,14H,8H2,1H3,(H,16,17). The van der Waals surface area contributed by atoms with Gasteiger partial charge in [-0.3, -0.25) is 0 Å². The number of nitrogens with zero attached hydrogens (tertiary/aromatic N) is 1. The third kappa shape index (κ3) is 2.66. The molecule has 2 aromatic rings. The molecule has 0 aliphatic rings. The number of aromatic nitrogens is 1. The number of aryl methyl sites for hydroxylation is 1. The first-order chi connectivity index (χ1) is 8.16. The van der Waals surface area contributed by atoms with Gasteiger partial charge in [0.2, 0.25) is 0 Å². The van der Waals surface area contributed by atoms with Gasteiger partial charge in [0.05, 0.1) is 0 Å². The number of nitrogens with one attached hydrogen (secondary N) is 1. The number of benzene rings is 1. The number of aromatic carboxylic acids is 1. The molecule has 0 amide bonds. The van der Waals surface area contributed by atoms with Crippen LogP contribution in [0.3, 0.4) is 0 Å². The number of hydrogen-bond donors (Lipinski definition) is 2. The fraction of sp³-hybridized carbons (Fsp3) is 0.154. The number of carboxylic acid groups (broad SMARTS) is 1. The quantitative estimate of drug-likeness (QED) is 0.847. The molecule has 17 heavy (non-hydrogen) atoms. The minimum absolute atomic E-state index is 0.301. The number of hydrogen-bond acceptors (Lipinski definition) is 2. The van der Waals surface area contributed by atoms with E-state index in [0.29, 0.717) is 12.2 Å². The second-order valence-corrected chi connectivity index (χ2v) is 3.87. The average Bonchev–Trinajstić information content (AvgIpc) is 2.69. The Morgan fingerprint density at radius 3 is 2.65 bits per heavy atom. The van der Waals surface area contributed by atoms with E-state index in [4.69, 9.17) is 5.11 Å². The Bertz CT molecular complexity index is 517. The van der Waals surface area contributed by atoms with Crippen LogP contribution < -0.4 is 5.32 Å². The van der Waals surface area contributed by atoms with E-state index < -0.39 is 5.97 Å². The molecule has 1 aromatic carbocycles. The van der Waals surface area contributed by atoms with Gasteiger partial charge in [-0.1, -0.05) is 18.2 Å². The summed E-state index contributed by atoms with van der Waals surface area (Å²) in [6.45, 7) is 0.616. The smallest absolute Gasteiger partial charge is 0.352 e. The summed E-state index contributed by atoms with van der Waals surface area (Å²) < 4.78 is 1.62. The Kier molecular flexibility index (Phi) is 3.14. The zero-order valence-corrected chi connectivity index (χ0v) is 9.55. The second kappa shape index (κ2) is 4.74. The number of rotatable bonds is 4. The zero-order valence-electron chi connectivity index (χ0n) is 9.55. The van der Waals surface area contributed by atoms with Crippen molar-refractivity contribution in [2.75, 3.05) is 5.32 Å². The highest BCUT2D eigenvalue weighted by Crippen LogP contribution is 2.11. The van der Waals surface area contributed by atoms with Crippen LogP contribution in [0.2, 0.25) is 0 Å². The van der Waals surface area contributed by atoms with Crippen molar-refractivity contribution in [1.82, 2.24) is 4.57 Å². The topological polar surface area (TPSA) is 54.3 Å². The van der Waals surface area contributed by atoms with E-state index in [-0.39, 0.29) is 0 Å². The van der Waals surface area contributed by atoms with Gasteiger partial charge in [0.1, 0.15) is 5.69 Å². The van der Waals surface area contributed by atoms with E-state index in [0.717, 1.165) is 11.3 Å². The lowest BCUT2D eigenvalue weighted by atomic mass is 10.3. The minimum Gasteiger partial charge on any atom is -0.477 e. The van der Waals surface area contributed by atoms with Gasteiger partial charge in [0.25, 0.3) is 0 Å². The van der Waals surface area contributed by atoms with Crippen molar-refractivity contribution >= 4 is 11.7 Å². The minimum atomic E-state index is -0.904. The molecule has 88 valence electrons. The van der Waals surface area contributed by atoms with E-state index in [1.807, 2.05) is 36.5 Å². The van der Waals surface area contributed by atoms with E-state index in [2.05, 4.69) is 5.32 Å². The molecule has 0 bridgehead atoms. The van der Waals surface area contributed by atoms with Crippen LogP contribution in [0.15, 0.2) is 42.6 Å². The summed E-state index contributed by atoms with van der Waals surface area (Å²) >= 11 is 0. The van der Waals surface area contributed by atoms with Gasteiger partial charge in [-0.2, -0.15) is 0 Å². The highest BCUT2D eigenvalue weighted by molar-refractivity contribution is 5.86. The highest BCUT2D eigenvalue weighted by Gasteiger charge is 2.09. The molecule has 0 spiro atoms. The van der Waals surface area contributed by atoms with Gasteiger partial charge in [-0.05, 0) is 23.8 Å². The number of para-hydroxylation sites is 1. The van der Waals surface area contributed by atoms with Crippen molar-refractivity contribution in [1.29, 1.82) is 0 Å². The van der Waals surface area contributed by atoms with Gasteiger partial charge in [0, 0.05) is 25.5 Å². The Hall–Kier alpha value is -2.23. The monoisotopic (exact) mass is 230 g/mol. The molecule has 1 heterocycles. The maximum atomic E-state index is 10.9. The maximum absolute atomic E-state index is 10.9. The lowest BCUT2D eigenvalue weighted by Crippen LogP contribution is -2.02. The third-order valence-corrected chi connectivity index (χ3v) is 2.55. The largest absolute Gasteiger partial charge is 0.477 e. The molecule has 0 aliphatic heterocycles. The molecule has 0 unspecified atom stereocenters. The number of carboxylic acids is 1. The lowest BCUT2D eigenvalue weighted by molar-refractivity contribution is 0.0686. The molecule has 0 radical (unpaired) electrons. The van der Waals surface area contributed by atoms with Crippen molar-refractivity contribution in [3.05, 3.63) is 53.9 Å². The van der Waals surface area contributed by atoms with Gasteiger partial charge in [-0.15, -0.1) is 0 Å². The fourth-order valence-corrected chi connectivity index (χ4v) is 1.70. The molecule has 2 N–H and O–H groups in total. The lowest BCUT2D eigenvalue weighted by Gasteiger charge is -2.03. The number of anilines is 1. The Balaban J connectivity index is 2.05. The first-order valence-corrected chi connectivity index (χ1v) is 5.34. The van der Waals surface area contributed by atoms with Crippen LogP contribution in [0.25, 0.3) is 0 Å². The van der Waals surface area contributed by atoms with Crippen molar-refractivity contribution < 1.29 is 9.90 Å². The van der Waals surface area contributed by atoms with Crippen LogP contribution in [-0.4, -0.2) is 15.6 Å². The molecule has 4 heteroatoms. The van der Waals surface area contributed by atoms with Crippen LogP contribution in [0.1, 0.15) is 16.1 Å². The van der Waals surface area contributed by atoms with Crippen LogP contribution in [0, 0.1) is 0 Å². The summed E-state index contributed by atoms with van der Waals surface area (Å²) in [7, 11) is 1.73. The summed E-state index contributed by atoms with van der Waals surface area (Å²) in [5.74, 6) is -0.904. The molecule has 1 aromatic heterocycles. The predicted octanol–water partition coefficient (Wildman–Crippen LogP) is 2.34. The van der Waals surface area contributed by atoms with Crippen LogP contribution in [0.5, 0.6) is 0 Å². The van der Waals surface area contributed by atoms with Crippen molar-refractivity contribution in [2.45, 2.75) is 6.54 Å². The molecular formula is C13H14N2O2. The van der Waals surface area contributed by atoms with Gasteiger partial charge >= 0.3 is 5.97 Å². The highest BCUT2D eigenvalue weighted by atomic mass is 16.4. The fourth-order valence-electron chi connectivity index (χ4n) is 1.70. The normalized spacial score (nSPS) is 10.2. The Labute approximate surface area is 99.5 Å². The Morgan fingerprint density at radius 1 is 1.35 bits per heavy atom. The first-order valence-electron chi connectivity index (χ1n) is 5.34. The maximum Gasteiger partial charge on any atom is 0.352 e. The predicted molar refractivity (Wildman–Crippen MR) is 66.1 cm³/mol. The van der Waals surface area contributed by atoms with Gasteiger partial charge in [-0.25, -0.2) is 4.79 Å². The van der Waals surface area contributed by atoms with Gasteiger partial charge < -0.3 is 15.0 Å².